The number of benzene rings is 2. The smallest absolute Gasteiger partial charge is 0.240 e. The Morgan fingerprint density at radius 2 is 1.79 bits per heavy atom. The number of nitrogens with one attached hydrogen (secondary N) is 1. The Morgan fingerprint density at radius 3 is 2.42 bits per heavy atom. The monoisotopic (exact) mass is 353 g/mol. The van der Waals surface area contributed by atoms with Crippen LogP contribution in [0.25, 0.3) is 0 Å². The van der Waals surface area contributed by atoms with Crippen LogP contribution in [0.3, 0.4) is 0 Å². The zero-order chi connectivity index (χ0) is 17.6. The van der Waals surface area contributed by atoms with Crippen molar-refractivity contribution in [3.8, 4) is 11.5 Å². The van der Waals surface area contributed by atoms with Crippen molar-refractivity contribution < 1.29 is 22.3 Å². The lowest BCUT2D eigenvalue weighted by atomic mass is 10.3. The van der Waals surface area contributed by atoms with Gasteiger partial charge in [0, 0.05) is 12.6 Å². The van der Waals surface area contributed by atoms with Crippen LogP contribution in [0.15, 0.2) is 53.4 Å². The van der Waals surface area contributed by atoms with Crippen LogP contribution in [0.5, 0.6) is 11.5 Å². The summed E-state index contributed by atoms with van der Waals surface area (Å²) in [6.07, 6.45) is 0.0190. The molecule has 2 aromatic carbocycles. The number of rotatable bonds is 8. The predicted octanol–water partition coefficient (Wildman–Crippen LogP) is 2.97. The summed E-state index contributed by atoms with van der Waals surface area (Å²) < 4.78 is 50.5. The molecule has 0 aliphatic carbocycles. The van der Waals surface area contributed by atoms with Crippen LogP contribution in [0.4, 0.5) is 4.39 Å². The van der Waals surface area contributed by atoms with Crippen LogP contribution in [-0.4, -0.2) is 27.7 Å². The Bertz CT molecular complexity index is 760. The van der Waals surface area contributed by atoms with E-state index in [0.717, 1.165) is 0 Å². The topological polar surface area (TPSA) is 64.6 Å². The standard InChI is InChI=1S/C17H20FNO4S/c1-13(2)23-15-6-8-17(9-7-15)24(20,21)19-10-11-22-16-5-3-4-14(18)12-16/h3-9,12-13,19H,10-11H2,1-2H3. The molecule has 0 aromatic heterocycles. The van der Waals surface area contributed by atoms with Gasteiger partial charge < -0.3 is 9.47 Å². The normalized spacial score (nSPS) is 11.5. The van der Waals surface area contributed by atoms with Gasteiger partial charge in [-0.3, -0.25) is 0 Å². The van der Waals surface area contributed by atoms with Gasteiger partial charge in [0.2, 0.25) is 10.0 Å². The molecular formula is C17H20FNO4S. The number of hydrogen-bond acceptors (Lipinski definition) is 4. The summed E-state index contributed by atoms with van der Waals surface area (Å²) in [4.78, 5) is 0.143. The quantitative estimate of drug-likeness (QED) is 0.741. The first-order chi connectivity index (χ1) is 11.4. The highest BCUT2D eigenvalue weighted by molar-refractivity contribution is 7.89. The van der Waals surface area contributed by atoms with Gasteiger partial charge in [0.15, 0.2) is 0 Å². The fourth-order valence-electron chi connectivity index (χ4n) is 1.95. The molecule has 0 amide bonds. The molecule has 2 rings (SSSR count). The molecule has 130 valence electrons. The summed E-state index contributed by atoms with van der Waals surface area (Å²) in [7, 11) is -3.63. The van der Waals surface area contributed by atoms with E-state index in [-0.39, 0.29) is 24.2 Å². The largest absolute Gasteiger partial charge is 0.492 e. The van der Waals surface area contributed by atoms with Crippen molar-refractivity contribution in [2.75, 3.05) is 13.2 Å². The molecule has 0 aliphatic rings. The second kappa shape index (κ2) is 8.12. The van der Waals surface area contributed by atoms with Gasteiger partial charge in [-0.1, -0.05) is 6.07 Å². The van der Waals surface area contributed by atoms with E-state index in [1.807, 2.05) is 13.8 Å². The van der Waals surface area contributed by atoms with E-state index < -0.39 is 15.8 Å². The van der Waals surface area contributed by atoms with Gasteiger partial charge in [0.05, 0.1) is 11.0 Å². The third-order valence-electron chi connectivity index (χ3n) is 2.96. The predicted molar refractivity (Wildman–Crippen MR) is 89.3 cm³/mol. The third kappa shape index (κ3) is 5.50. The Morgan fingerprint density at radius 1 is 1.08 bits per heavy atom. The van der Waals surface area contributed by atoms with Crippen LogP contribution in [0, 0.1) is 5.82 Å². The van der Waals surface area contributed by atoms with Crippen molar-refractivity contribution >= 4 is 10.0 Å². The van der Waals surface area contributed by atoms with Crippen LogP contribution in [0.1, 0.15) is 13.8 Å². The van der Waals surface area contributed by atoms with Gasteiger partial charge in [-0.15, -0.1) is 0 Å². The first-order valence-corrected chi connectivity index (χ1v) is 9.00. The van der Waals surface area contributed by atoms with Crippen LogP contribution >= 0.6 is 0 Å². The molecule has 0 unspecified atom stereocenters. The van der Waals surface area contributed by atoms with Crippen molar-refractivity contribution in [1.82, 2.24) is 4.72 Å². The molecule has 0 fully saturated rings. The molecule has 24 heavy (non-hydrogen) atoms. The first kappa shape index (κ1) is 18.2. The average Bonchev–Trinajstić information content (AvgIpc) is 2.52. The number of halogens is 1. The van der Waals surface area contributed by atoms with E-state index in [1.165, 1.54) is 30.3 Å². The molecule has 5 nitrogen and oxygen atoms in total. The number of sulfonamides is 1. The molecule has 0 bridgehead atoms. The lowest BCUT2D eigenvalue weighted by molar-refractivity contribution is 0.242. The first-order valence-electron chi connectivity index (χ1n) is 7.51. The highest BCUT2D eigenvalue weighted by Crippen LogP contribution is 2.17. The van der Waals surface area contributed by atoms with Crippen molar-refractivity contribution in [2.24, 2.45) is 0 Å². The molecule has 0 radical (unpaired) electrons. The maximum absolute atomic E-state index is 13.0. The Balaban J connectivity index is 1.86. The third-order valence-corrected chi connectivity index (χ3v) is 4.44. The Kier molecular flexibility index (Phi) is 6.16. The lowest BCUT2D eigenvalue weighted by Crippen LogP contribution is -2.28. The van der Waals surface area contributed by atoms with Gasteiger partial charge in [0.25, 0.3) is 0 Å². The van der Waals surface area contributed by atoms with E-state index in [1.54, 1.807) is 18.2 Å². The van der Waals surface area contributed by atoms with Gasteiger partial charge in [-0.2, -0.15) is 0 Å². The molecule has 0 atom stereocenters. The molecule has 0 aliphatic heterocycles. The zero-order valence-corrected chi connectivity index (χ0v) is 14.3. The van der Waals surface area contributed by atoms with Crippen LogP contribution < -0.4 is 14.2 Å². The molecule has 0 saturated heterocycles. The van der Waals surface area contributed by atoms with E-state index in [4.69, 9.17) is 9.47 Å². The van der Waals surface area contributed by atoms with Crippen molar-refractivity contribution in [1.29, 1.82) is 0 Å². The number of hydrogen-bond donors (Lipinski definition) is 1. The lowest BCUT2D eigenvalue weighted by Gasteiger charge is -2.11. The van der Waals surface area contributed by atoms with E-state index in [0.29, 0.717) is 11.5 Å². The summed E-state index contributed by atoms with van der Waals surface area (Å²) in [6, 6.07) is 11.8. The molecule has 0 heterocycles. The van der Waals surface area contributed by atoms with Gasteiger partial charge >= 0.3 is 0 Å². The zero-order valence-electron chi connectivity index (χ0n) is 13.5. The van der Waals surface area contributed by atoms with Gasteiger partial charge in [0.1, 0.15) is 23.9 Å². The number of ether oxygens (including phenoxy) is 2. The molecule has 1 N–H and O–H groups in total. The molecule has 0 saturated carbocycles. The minimum atomic E-state index is -3.63. The minimum Gasteiger partial charge on any atom is -0.492 e. The summed E-state index contributed by atoms with van der Waals surface area (Å²) in [5.74, 6) is 0.555. The molecule has 2 aromatic rings. The van der Waals surface area contributed by atoms with Crippen LogP contribution in [0.2, 0.25) is 0 Å². The highest BCUT2D eigenvalue weighted by atomic mass is 32.2. The molecular weight excluding hydrogens is 333 g/mol. The maximum atomic E-state index is 13.0. The summed E-state index contributed by atoms with van der Waals surface area (Å²) in [5.41, 5.74) is 0. The van der Waals surface area contributed by atoms with Gasteiger partial charge in [-0.05, 0) is 50.2 Å². The average molecular weight is 353 g/mol. The minimum absolute atomic E-state index is 0.0190. The van der Waals surface area contributed by atoms with Gasteiger partial charge in [-0.25, -0.2) is 17.5 Å². The molecule has 0 spiro atoms. The maximum Gasteiger partial charge on any atom is 0.240 e. The summed E-state index contributed by atoms with van der Waals surface area (Å²) in [6.45, 7) is 3.95. The van der Waals surface area contributed by atoms with Crippen LogP contribution in [-0.2, 0) is 10.0 Å². The van der Waals surface area contributed by atoms with E-state index in [9.17, 15) is 12.8 Å². The van der Waals surface area contributed by atoms with E-state index >= 15 is 0 Å². The summed E-state index contributed by atoms with van der Waals surface area (Å²) >= 11 is 0. The second-order valence-corrected chi connectivity index (χ2v) is 7.11. The highest BCUT2D eigenvalue weighted by Gasteiger charge is 2.13. The fourth-order valence-corrected chi connectivity index (χ4v) is 2.97. The van der Waals surface area contributed by atoms with Crippen molar-refractivity contribution in [3.63, 3.8) is 0 Å². The second-order valence-electron chi connectivity index (χ2n) is 5.34. The SMILES string of the molecule is CC(C)Oc1ccc(S(=O)(=O)NCCOc2cccc(F)c2)cc1. The van der Waals surface area contributed by atoms with Crippen molar-refractivity contribution in [2.45, 2.75) is 24.8 Å². The summed E-state index contributed by atoms with van der Waals surface area (Å²) in [5, 5.41) is 0. The fraction of sp³-hybridized carbons (Fsp3) is 0.294. The van der Waals surface area contributed by atoms with Crippen molar-refractivity contribution in [3.05, 3.63) is 54.3 Å². The molecule has 7 heteroatoms. The van der Waals surface area contributed by atoms with E-state index in [2.05, 4.69) is 4.72 Å². The Labute approximate surface area is 141 Å². The Hall–Kier alpha value is -2.12.